The second-order valence-electron chi connectivity index (χ2n) is 5.91. The molecule has 7 nitrogen and oxygen atoms in total. The highest BCUT2D eigenvalue weighted by Gasteiger charge is 2.17. The fourth-order valence-corrected chi connectivity index (χ4v) is 2.84. The predicted molar refractivity (Wildman–Crippen MR) is 96.0 cm³/mol. The van der Waals surface area contributed by atoms with Crippen LogP contribution in [0.4, 0.5) is 11.4 Å². The summed E-state index contributed by atoms with van der Waals surface area (Å²) in [6.45, 7) is 1.34. The summed E-state index contributed by atoms with van der Waals surface area (Å²) in [5.41, 5.74) is 2.55. The summed E-state index contributed by atoms with van der Waals surface area (Å²) in [4.78, 5) is 24.5. The average molecular weight is 348 g/mol. The van der Waals surface area contributed by atoms with Crippen LogP contribution in [-0.2, 0) is 17.8 Å². The van der Waals surface area contributed by atoms with Crippen molar-refractivity contribution in [2.75, 3.05) is 11.9 Å². The monoisotopic (exact) mass is 348 g/mol. The van der Waals surface area contributed by atoms with Crippen LogP contribution in [0.1, 0.15) is 11.1 Å². The highest BCUT2D eigenvalue weighted by molar-refractivity contribution is 6.06. The van der Waals surface area contributed by atoms with E-state index in [1.807, 2.05) is 29.2 Å². The lowest BCUT2D eigenvalue weighted by molar-refractivity contribution is -0.384. The maximum Gasteiger partial charge on any atom is 0.271 e. The van der Waals surface area contributed by atoms with E-state index in [0.29, 0.717) is 13.1 Å². The Bertz CT molecular complexity index is 930. The van der Waals surface area contributed by atoms with E-state index >= 15 is 0 Å². The van der Waals surface area contributed by atoms with Gasteiger partial charge in [0.1, 0.15) is 11.6 Å². The Hall–Kier alpha value is -3.66. The van der Waals surface area contributed by atoms with Crippen molar-refractivity contribution in [1.29, 1.82) is 5.26 Å². The molecule has 0 aliphatic carbocycles. The summed E-state index contributed by atoms with van der Waals surface area (Å²) in [6, 6.07) is 15.6. The number of nitriles is 1. The molecular weight excluding hydrogens is 332 g/mol. The highest BCUT2D eigenvalue weighted by Crippen LogP contribution is 2.20. The topological polar surface area (TPSA) is 99.3 Å². The minimum Gasteiger partial charge on any atom is -0.371 e. The minimum absolute atomic E-state index is 0.0455. The van der Waals surface area contributed by atoms with E-state index < -0.39 is 10.8 Å². The molecule has 26 heavy (non-hydrogen) atoms. The summed E-state index contributed by atoms with van der Waals surface area (Å²) in [5, 5.41) is 22.7. The van der Waals surface area contributed by atoms with E-state index in [2.05, 4.69) is 11.4 Å². The number of nitro benzene ring substituents is 1. The molecule has 1 heterocycles. The molecule has 0 radical (unpaired) electrons. The number of nitrogens with one attached hydrogen (secondary N) is 1. The van der Waals surface area contributed by atoms with Gasteiger partial charge >= 0.3 is 0 Å². The number of nitro groups is 1. The number of anilines is 1. The molecule has 0 fully saturated rings. The Balaban J connectivity index is 1.73. The largest absolute Gasteiger partial charge is 0.371 e. The van der Waals surface area contributed by atoms with Gasteiger partial charge in [0.15, 0.2) is 0 Å². The van der Waals surface area contributed by atoms with E-state index in [0.717, 1.165) is 6.42 Å². The van der Waals surface area contributed by atoms with Gasteiger partial charge in [0.25, 0.3) is 11.6 Å². The minimum atomic E-state index is -0.591. The molecule has 1 aliphatic rings. The molecule has 130 valence electrons. The first-order valence-corrected chi connectivity index (χ1v) is 8.05. The van der Waals surface area contributed by atoms with Crippen LogP contribution in [0, 0.1) is 21.4 Å². The summed E-state index contributed by atoms with van der Waals surface area (Å²) >= 11 is 0. The summed E-state index contributed by atoms with van der Waals surface area (Å²) in [5.74, 6) is -0.591. The molecule has 0 saturated carbocycles. The molecular formula is C19H16N4O3. The van der Waals surface area contributed by atoms with Crippen LogP contribution in [0.25, 0.3) is 0 Å². The normalized spacial score (nSPS) is 13.5. The van der Waals surface area contributed by atoms with Crippen LogP contribution in [0.15, 0.2) is 60.3 Å². The van der Waals surface area contributed by atoms with Crippen molar-refractivity contribution in [3.63, 3.8) is 0 Å². The highest BCUT2D eigenvalue weighted by atomic mass is 16.6. The lowest BCUT2D eigenvalue weighted by Crippen LogP contribution is -2.27. The number of nitrogens with zero attached hydrogens (tertiary/aromatic N) is 3. The van der Waals surface area contributed by atoms with Crippen molar-refractivity contribution in [1.82, 2.24) is 4.90 Å². The van der Waals surface area contributed by atoms with Crippen LogP contribution < -0.4 is 5.32 Å². The molecule has 3 rings (SSSR count). The number of fused-ring (bicyclic) bond motifs is 1. The summed E-state index contributed by atoms with van der Waals surface area (Å²) in [6.07, 6.45) is 2.39. The van der Waals surface area contributed by atoms with Gasteiger partial charge in [0.2, 0.25) is 0 Å². The Morgan fingerprint density at radius 1 is 1.23 bits per heavy atom. The number of hydrogen-bond acceptors (Lipinski definition) is 5. The Kier molecular flexibility index (Phi) is 4.94. The van der Waals surface area contributed by atoms with Crippen molar-refractivity contribution in [3.05, 3.63) is 81.5 Å². The summed E-state index contributed by atoms with van der Waals surface area (Å²) in [7, 11) is 0. The molecule has 0 spiro atoms. The van der Waals surface area contributed by atoms with Gasteiger partial charge in [-0.25, -0.2) is 0 Å². The Morgan fingerprint density at radius 3 is 2.73 bits per heavy atom. The molecule has 0 unspecified atom stereocenters. The van der Waals surface area contributed by atoms with Crippen molar-refractivity contribution in [3.8, 4) is 6.07 Å². The number of carbonyl (C=O) groups excluding carboxylic acids is 1. The third kappa shape index (κ3) is 3.87. The molecule has 0 aromatic heterocycles. The zero-order valence-corrected chi connectivity index (χ0v) is 13.9. The first-order valence-electron chi connectivity index (χ1n) is 8.05. The number of non-ortho nitro benzene ring substituents is 1. The Labute approximate surface area is 150 Å². The first kappa shape index (κ1) is 17.2. The van der Waals surface area contributed by atoms with E-state index in [-0.39, 0.29) is 16.9 Å². The molecule has 2 aromatic carbocycles. The SMILES string of the molecule is N#C/C(=C/N1CCc2ccccc2C1)C(=O)Nc1cccc([N+](=O)[O-])c1. The second-order valence-corrected chi connectivity index (χ2v) is 5.91. The number of benzene rings is 2. The molecule has 2 aromatic rings. The number of carbonyl (C=O) groups is 1. The lowest BCUT2D eigenvalue weighted by atomic mass is 10.0. The number of rotatable bonds is 4. The van der Waals surface area contributed by atoms with Crippen LogP contribution in [0.5, 0.6) is 0 Å². The second kappa shape index (κ2) is 7.49. The van der Waals surface area contributed by atoms with Crippen molar-refractivity contribution in [2.24, 2.45) is 0 Å². The fraction of sp³-hybridized carbons (Fsp3) is 0.158. The third-order valence-corrected chi connectivity index (χ3v) is 4.15. The van der Waals surface area contributed by atoms with Gasteiger partial charge in [0.05, 0.1) is 4.92 Å². The smallest absolute Gasteiger partial charge is 0.271 e. The maximum atomic E-state index is 12.3. The zero-order chi connectivity index (χ0) is 18.5. The van der Waals surface area contributed by atoms with Crippen LogP contribution in [0.3, 0.4) is 0 Å². The standard InChI is InChI=1S/C19H16N4O3/c20-11-16(13-22-9-8-14-4-1-2-5-15(14)12-22)19(24)21-17-6-3-7-18(10-17)23(25)26/h1-7,10,13H,8-9,12H2,(H,21,24)/b16-13-. The molecule has 1 amide bonds. The van der Waals surface area contributed by atoms with Crippen LogP contribution in [0.2, 0.25) is 0 Å². The van der Waals surface area contributed by atoms with Crippen LogP contribution in [-0.4, -0.2) is 22.3 Å². The molecule has 0 saturated heterocycles. The van der Waals surface area contributed by atoms with Crippen LogP contribution >= 0.6 is 0 Å². The van der Waals surface area contributed by atoms with Crippen molar-refractivity contribution >= 4 is 17.3 Å². The average Bonchev–Trinajstić information content (AvgIpc) is 2.66. The lowest BCUT2D eigenvalue weighted by Gasteiger charge is -2.27. The molecule has 0 atom stereocenters. The molecule has 1 N–H and O–H groups in total. The summed E-state index contributed by atoms with van der Waals surface area (Å²) < 4.78 is 0. The van der Waals surface area contributed by atoms with Crippen molar-refractivity contribution in [2.45, 2.75) is 13.0 Å². The predicted octanol–water partition coefficient (Wildman–Crippen LogP) is 3.00. The Morgan fingerprint density at radius 2 is 2.00 bits per heavy atom. The third-order valence-electron chi connectivity index (χ3n) is 4.15. The van der Waals surface area contributed by atoms with E-state index in [1.54, 1.807) is 6.20 Å². The van der Waals surface area contributed by atoms with Gasteiger partial charge in [-0.15, -0.1) is 0 Å². The quantitative estimate of drug-likeness (QED) is 0.396. The maximum absolute atomic E-state index is 12.3. The van der Waals surface area contributed by atoms with Gasteiger partial charge in [-0.1, -0.05) is 30.3 Å². The van der Waals surface area contributed by atoms with Gasteiger partial charge in [-0.3, -0.25) is 14.9 Å². The van der Waals surface area contributed by atoms with Gasteiger partial charge in [-0.05, 0) is 23.6 Å². The number of amides is 1. The zero-order valence-electron chi connectivity index (χ0n) is 13.9. The number of hydrogen-bond donors (Lipinski definition) is 1. The van der Waals surface area contributed by atoms with E-state index in [9.17, 15) is 20.2 Å². The van der Waals surface area contributed by atoms with Crippen molar-refractivity contribution < 1.29 is 9.72 Å². The van der Waals surface area contributed by atoms with E-state index in [1.165, 1.54) is 35.4 Å². The molecule has 0 bridgehead atoms. The van der Waals surface area contributed by atoms with Gasteiger partial charge in [0, 0.05) is 37.1 Å². The van der Waals surface area contributed by atoms with Gasteiger partial charge < -0.3 is 10.2 Å². The molecule has 7 heteroatoms. The fourth-order valence-electron chi connectivity index (χ4n) is 2.84. The van der Waals surface area contributed by atoms with Gasteiger partial charge in [-0.2, -0.15) is 5.26 Å². The first-order chi connectivity index (χ1) is 12.6. The van der Waals surface area contributed by atoms with E-state index in [4.69, 9.17) is 0 Å². The molecule has 1 aliphatic heterocycles.